The van der Waals surface area contributed by atoms with Crippen LogP contribution in [0.2, 0.25) is 0 Å². The lowest BCUT2D eigenvalue weighted by molar-refractivity contribution is -0.120. The third-order valence-corrected chi connectivity index (χ3v) is 8.27. The molecule has 150 valence electrons. The first-order valence-electron chi connectivity index (χ1n) is 9.59. The minimum absolute atomic E-state index is 0.101. The highest BCUT2D eigenvalue weighted by atomic mass is 32.2. The molecule has 2 saturated heterocycles. The van der Waals surface area contributed by atoms with Crippen molar-refractivity contribution in [1.82, 2.24) is 15.2 Å². The zero-order valence-corrected chi connectivity index (χ0v) is 17.3. The lowest BCUT2D eigenvalue weighted by Crippen LogP contribution is -2.51. The van der Waals surface area contributed by atoms with Gasteiger partial charge in [-0.2, -0.15) is 0 Å². The van der Waals surface area contributed by atoms with Crippen molar-refractivity contribution in [2.45, 2.75) is 57.9 Å². The number of nitrogens with zero attached hydrogens (tertiary/aromatic N) is 1. The highest BCUT2D eigenvalue weighted by molar-refractivity contribution is 7.89. The van der Waals surface area contributed by atoms with E-state index in [4.69, 9.17) is 0 Å². The molecule has 27 heavy (non-hydrogen) atoms. The highest BCUT2D eigenvalue weighted by Gasteiger charge is 2.45. The quantitative estimate of drug-likeness (QED) is 0.721. The van der Waals surface area contributed by atoms with Crippen molar-refractivity contribution < 1.29 is 13.2 Å². The number of carbonyl (C=O) groups is 1. The van der Waals surface area contributed by atoms with Gasteiger partial charge in [-0.25, -0.2) is 12.7 Å². The monoisotopic (exact) mass is 394 g/mol. The number of hydrazine groups is 1. The first-order valence-corrected chi connectivity index (χ1v) is 11.1. The summed E-state index contributed by atoms with van der Waals surface area (Å²) < 4.78 is 27.8. The van der Waals surface area contributed by atoms with E-state index in [-0.39, 0.29) is 30.5 Å². The lowest BCUT2D eigenvalue weighted by atomic mass is 9.98. The van der Waals surface area contributed by atoms with Crippen molar-refractivity contribution in [1.29, 1.82) is 0 Å². The van der Waals surface area contributed by atoms with Crippen molar-refractivity contribution in [3.8, 4) is 0 Å². The molecule has 0 radical (unpaired) electrons. The van der Waals surface area contributed by atoms with Gasteiger partial charge in [0, 0.05) is 30.9 Å². The molecule has 2 heterocycles. The average molecular weight is 395 g/mol. The molecule has 1 amide bonds. The van der Waals surface area contributed by atoms with Gasteiger partial charge in [0.05, 0.1) is 5.92 Å². The number of piperidine rings is 1. The largest absolute Gasteiger partial charge is 0.325 e. The van der Waals surface area contributed by atoms with Crippen LogP contribution in [0.3, 0.4) is 0 Å². The van der Waals surface area contributed by atoms with Crippen LogP contribution in [0.5, 0.6) is 0 Å². The summed E-state index contributed by atoms with van der Waals surface area (Å²) in [4.78, 5) is 12.8. The van der Waals surface area contributed by atoms with Gasteiger partial charge < -0.3 is 5.32 Å². The fourth-order valence-electron chi connectivity index (χ4n) is 4.17. The Hall–Kier alpha value is -1.48. The summed E-state index contributed by atoms with van der Waals surface area (Å²) in [5, 5.41) is 2.49. The number of nitrogens with one attached hydrogen (secondary N) is 3. The molecule has 1 aromatic carbocycles. The molecule has 3 unspecified atom stereocenters. The van der Waals surface area contributed by atoms with E-state index in [2.05, 4.69) is 16.2 Å². The van der Waals surface area contributed by atoms with E-state index in [9.17, 15) is 13.2 Å². The summed E-state index contributed by atoms with van der Waals surface area (Å²) in [6.45, 7) is 8.38. The average Bonchev–Trinajstić information content (AvgIpc) is 2.97. The predicted octanol–water partition coefficient (Wildman–Crippen LogP) is 1.54. The molecule has 3 rings (SSSR count). The summed E-state index contributed by atoms with van der Waals surface area (Å²) in [6.07, 6.45) is 1.40. The number of hydrogen-bond acceptors (Lipinski definition) is 5. The minimum atomic E-state index is -3.49. The Morgan fingerprint density at radius 1 is 1.15 bits per heavy atom. The van der Waals surface area contributed by atoms with Crippen LogP contribution in [-0.4, -0.2) is 49.1 Å². The fraction of sp³-hybridized carbons (Fsp3) is 0.632. The third-order valence-electron chi connectivity index (χ3n) is 5.71. The molecule has 0 aromatic heterocycles. The Kier molecular flexibility index (Phi) is 5.90. The van der Waals surface area contributed by atoms with E-state index in [1.807, 2.05) is 45.9 Å². The van der Waals surface area contributed by atoms with Gasteiger partial charge >= 0.3 is 0 Å². The predicted molar refractivity (Wildman–Crippen MR) is 107 cm³/mol. The molecule has 0 bridgehead atoms. The summed E-state index contributed by atoms with van der Waals surface area (Å²) in [7, 11) is -3.49. The zero-order valence-electron chi connectivity index (χ0n) is 16.5. The standard InChI is InChI=1S/C19H30N4O3S/c1-12-7-5-8-13(2)17(12)20-19(24)16-9-6-10-23(11-16)27(25,26)18-14(3)21-22-15(18)4/h5,7-8,14-16,18,21-22H,6,9-11H2,1-4H3,(H,20,24). The topological polar surface area (TPSA) is 90.5 Å². The lowest BCUT2D eigenvalue weighted by Gasteiger charge is -2.34. The van der Waals surface area contributed by atoms with Crippen molar-refractivity contribution in [3.05, 3.63) is 29.3 Å². The van der Waals surface area contributed by atoms with Crippen LogP contribution in [0.4, 0.5) is 5.69 Å². The van der Waals surface area contributed by atoms with Gasteiger partial charge in [0.2, 0.25) is 15.9 Å². The molecule has 2 aliphatic heterocycles. The number of para-hydroxylation sites is 1. The highest BCUT2D eigenvalue weighted by Crippen LogP contribution is 2.27. The molecule has 0 aliphatic carbocycles. The molecule has 7 nitrogen and oxygen atoms in total. The molecule has 3 N–H and O–H groups in total. The second-order valence-electron chi connectivity index (χ2n) is 7.83. The number of carbonyl (C=O) groups excluding carboxylic acids is 1. The molecule has 8 heteroatoms. The Balaban J connectivity index is 1.73. The van der Waals surface area contributed by atoms with Crippen molar-refractivity contribution in [2.24, 2.45) is 5.92 Å². The molecule has 0 saturated carbocycles. The van der Waals surface area contributed by atoms with E-state index in [1.165, 1.54) is 4.31 Å². The van der Waals surface area contributed by atoms with Gasteiger partial charge in [-0.1, -0.05) is 18.2 Å². The fourth-order valence-corrected chi connectivity index (χ4v) is 6.46. The number of hydrogen-bond donors (Lipinski definition) is 3. The van der Waals surface area contributed by atoms with Crippen LogP contribution in [0.25, 0.3) is 0 Å². The second kappa shape index (κ2) is 7.87. The van der Waals surface area contributed by atoms with Crippen LogP contribution >= 0.6 is 0 Å². The molecule has 1 aromatic rings. The van der Waals surface area contributed by atoms with Gasteiger partial charge in [-0.15, -0.1) is 0 Å². The van der Waals surface area contributed by atoms with Crippen LogP contribution in [0.1, 0.15) is 37.8 Å². The molecule has 0 spiro atoms. The number of benzene rings is 1. The Morgan fingerprint density at radius 2 is 1.74 bits per heavy atom. The van der Waals surface area contributed by atoms with Crippen molar-refractivity contribution in [2.75, 3.05) is 18.4 Å². The molecule has 2 fully saturated rings. The van der Waals surface area contributed by atoms with Crippen LogP contribution < -0.4 is 16.2 Å². The van der Waals surface area contributed by atoms with Crippen molar-refractivity contribution in [3.63, 3.8) is 0 Å². The van der Waals surface area contributed by atoms with E-state index in [0.717, 1.165) is 16.8 Å². The normalized spacial score (nSPS) is 29.6. The summed E-state index contributed by atoms with van der Waals surface area (Å²) in [6, 6.07) is 5.54. The number of aryl methyl sites for hydroxylation is 2. The number of sulfonamides is 1. The minimum Gasteiger partial charge on any atom is -0.325 e. The maximum Gasteiger partial charge on any atom is 0.228 e. The first kappa shape index (κ1) is 20.3. The van der Waals surface area contributed by atoms with Crippen LogP contribution in [-0.2, 0) is 14.8 Å². The first-order chi connectivity index (χ1) is 12.7. The zero-order chi connectivity index (χ0) is 19.8. The van der Waals surface area contributed by atoms with E-state index < -0.39 is 15.3 Å². The van der Waals surface area contributed by atoms with Gasteiger partial charge in [0.15, 0.2) is 0 Å². The SMILES string of the molecule is Cc1cccc(C)c1NC(=O)C1CCCN(S(=O)(=O)C2C(C)NNC2C)C1. The maximum absolute atomic E-state index is 13.2. The van der Waals surface area contributed by atoms with Crippen LogP contribution in [0, 0.1) is 19.8 Å². The van der Waals surface area contributed by atoms with Gasteiger partial charge in [-0.3, -0.25) is 15.6 Å². The summed E-state index contributed by atoms with van der Waals surface area (Å²) >= 11 is 0. The Morgan fingerprint density at radius 3 is 2.33 bits per heavy atom. The number of amides is 1. The van der Waals surface area contributed by atoms with Crippen molar-refractivity contribution >= 4 is 21.6 Å². The summed E-state index contributed by atoms with van der Waals surface area (Å²) in [5.74, 6) is -0.434. The number of anilines is 1. The van der Waals surface area contributed by atoms with Gasteiger partial charge in [-0.05, 0) is 51.7 Å². The second-order valence-corrected chi connectivity index (χ2v) is 9.92. The third kappa shape index (κ3) is 4.03. The maximum atomic E-state index is 13.2. The van der Waals surface area contributed by atoms with Gasteiger partial charge in [0.1, 0.15) is 5.25 Å². The van der Waals surface area contributed by atoms with Gasteiger partial charge in [0.25, 0.3) is 0 Å². The smallest absolute Gasteiger partial charge is 0.228 e. The summed E-state index contributed by atoms with van der Waals surface area (Å²) in [5.41, 5.74) is 8.86. The van der Waals surface area contributed by atoms with E-state index in [0.29, 0.717) is 19.4 Å². The molecular formula is C19H30N4O3S. The van der Waals surface area contributed by atoms with E-state index >= 15 is 0 Å². The Labute approximate surface area is 161 Å². The number of rotatable bonds is 4. The molecule has 2 aliphatic rings. The Bertz CT molecular complexity index is 781. The molecule has 3 atom stereocenters. The van der Waals surface area contributed by atoms with E-state index in [1.54, 1.807) is 0 Å². The molecular weight excluding hydrogens is 364 g/mol. The van der Waals surface area contributed by atoms with Crippen LogP contribution in [0.15, 0.2) is 18.2 Å².